The maximum atomic E-state index is 11.4. The van der Waals surface area contributed by atoms with Gasteiger partial charge in [0.05, 0.1) is 64.4 Å². The molecule has 0 unspecified atom stereocenters. The maximum absolute atomic E-state index is 11.4. The summed E-state index contributed by atoms with van der Waals surface area (Å²) in [5.74, 6) is -3.85. The van der Waals surface area contributed by atoms with Gasteiger partial charge in [-0.1, -0.05) is 191 Å². The van der Waals surface area contributed by atoms with Gasteiger partial charge in [0.1, 0.15) is 11.5 Å². The number of carbonyl (C=O) groups excluding carboxylic acids is 11. The molecule has 0 saturated heterocycles. The summed E-state index contributed by atoms with van der Waals surface area (Å²) in [5, 5.41) is 96.1. The molecule has 0 aliphatic heterocycles. The predicted octanol–water partition coefficient (Wildman–Crippen LogP) is -18.6. The van der Waals surface area contributed by atoms with Crippen LogP contribution in [0.2, 0.25) is 0 Å². The Kier molecular flexibility index (Phi) is 83.7. The molecule has 0 radical (unpaired) electrons. The van der Waals surface area contributed by atoms with Gasteiger partial charge in [-0.3, -0.25) is 4.98 Å². The minimum absolute atomic E-state index is 0. The number of rotatable bonds is 13. The third-order valence-electron chi connectivity index (χ3n) is 20.8. The molecule has 0 spiro atoms. The molecule has 0 saturated carbocycles. The number of nitrogens with one attached hydrogen (secondary N) is 1. The van der Waals surface area contributed by atoms with Gasteiger partial charge < -0.3 is 98.5 Å². The number of fused-ring (bicyclic) bond motifs is 6. The van der Waals surface area contributed by atoms with Crippen molar-refractivity contribution in [2.75, 3.05) is 0 Å². The Hall–Kier alpha value is 4.45. The molecule has 0 amide bonds. The van der Waals surface area contributed by atoms with E-state index in [-0.39, 0.29) is 746 Å². The Morgan fingerprint density at radius 1 is 0.410 bits per heavy atom. The van der Waals surface area contributed by atoms with E-state index in [9.17, 15) is 89.1 Å². The summed E-state index contributed by atoms with van der Waals surface area (Å²) in [4.78, 5) is 125. The average Bonchev–Trinajstić information content (AvgIpc) is 1.53. The zero-order chi connectivity index (χ0) is 99.4. The van der Waals surface area contributed by atoms with Crippen LogP contribution in [0.25, 0.3) is 28.3 Å². The van der Waals surface area contributed by atoms with Gasteiger partial charge in [0.15, 0.2) is 0 Å². The fraction of sp³-hybridized carbons (Fsp3) is 0.185. The molecule has 2 aliphatic rings. The summed E-state index contributed by atoms with van der Waals surface area (Å²) in [5.41, 5.74) is 25.2. The molecule has 14 aromatic rings. The first-order valence-corrected chi connectivity index (χ1v) is 42.9. The summed E-state index contributed by atoms with van der Waals surface area (Å²) in [6.07, 6.45) is 5.43. The number of carboxylic acid groups (broad SMARTS) is 9. The molecule has 0 fully saturated rings. The van der Waals surface area contributed by atoms with Crippen LogP contribution in [0.4, 0.5) is 0 Å². The van der Waals surface area contributed by atoms with E-state index in [0.717, 1.165) is 53.8 Å². The average molecular weight is 3160 g/mol. The van der Waals surface area contributed by atoms with E-state index in [0.29, 0.717) is 44.5 Å². The number of hydrogen-bond acceptors (Lipinski definition) is 25. The van der Waals surface area contributed by atoms with Crippen LogP contribution in [-0.4, -0.2) is 74.8 Å². The van der Waals surface area contributed by atoms with Gasteiger partial charge in [-0.05, 0) is 245 Å². The number of furan rings is 1. The number of aromatic nitrogens is 3. The second-order valence-corrected chi connectivity index (χ2v) is 33.9. The summed E-state index contributed by atoms with van der Waals surface area (Å²) in [7, 11) is 0. The van der Waals surface area contributed by atoms with Crippen LogP contribution in [0.5, 0.6) is 0 Å². The van der Waals surface area contributed by atoms with Gasteiger partial charge in [-0.2, -0.15) is 39.9 Å². The number of aromatic amines is 1. The Bertz CT molecular complexity index is 6550. The van der Waals surface area contributed by atoms with Crippen molar-refractivity contribution in [1.29, 1.82) is 0 Å². The second kappa shape index (κ2) is 77.9. The summed E-state index contributed by atoms with van der Waals surface area (Å²) in [6.45, 7) is 33.0. The van der Waals surface area contributed by atoms with Crippen molar-refractivity contribution >= 4 is 88.6 Å². The first-order chi connectivity index (χ1) is 63.3. The monoisotopic (exact) mass is 3160 g/mol. The van der Waals surface area contributed by atoms with Gasteiger partial charge in [-0.15, -0.1) is 34.2 Å². The summed E-state index contributed by atoms with van der Waals surface area (Å²) >= 11 is 2.84. The smallest absolute Gasteiger partial charge is 0.545 e. The Balaban J connectivity index is -0.000000782. The standard InChI is InChI=1S/C28H21O2.C22H18O2.C11H12O2.C11H10O2.C8H9NO2.C7H9NO2.C7H8O3.C7H8O2S.C6H7NO2S.CO2.10Cs/c1-18-8-14-23-24-15-9-19(2)17-26(24)28(25(23)16-18,21-6-4-3-5-7-21)22-12-10-20(11-13-22)27(29)30;1-13-3-9-17-18-10-4-14(2)12-20(18)21(19(17)11-13)15-5-7-16(8-6-15)22(23)24;2*1-3-4-9-6-5-8(2)7-10(9)11(12)13;1-5-3-7(8(10)11)6(2)9-4-5;1-4-3-6(7(9)10)5(2)8-4;2*1-4-3-6(7(8)9)5(2)10-4;1-3-5(6(8)9)7-4(2)10-3;2-1-3;;;;;;;;;;/h4-17H,1-2H3,(H,29,30);3-12,21H,1-2H3,(H,23,24);3-7H,1-2H3,(H,12,13);5-7H,1-2H3,(H,12,13);3-4H,1-2H3,(H,10,11);3,8H,1-2H3,(H,9,10);2*3H,1-2H3,(H,8,9);1-2H3,(H,8,9);;;;;;;;;;;/q-1;;;;;;;;;;10*+1/p-9. The molecule has 5 aromatic heterocycles. The molecule has 1 N–H and O–H groups in total. The van der Waals surface area contributed by atoms with Crippen LogP contribution >= 0.6 is 22.7 Å². The largest absolute Gasteiger partial charge is 1.00 e. The van der Waals surface area contributed by atoms with Crippen LogP contribution in [0.1, 0.15) is 250 Å². The molecule has 688 valence electrons. The number of thiophene rings is 1. The zero-order valence-corrected chi connectivity index (χ0v) is 151. The third-order valence-corrected chi connectivity index (χ3v) is 22.7. The Morgan fingerprint density at radius 2 is 0.819 bits per heavy atom. The number of benzene rings is 9. The zero-order valence-electron chi connectivity index (χ0n) is 86.7. The van der Waals surface area contributed by atoms with E-state index in [1.54, 1.807) is 154 Å². The van der Waals surface area contributed by atoms with Crippen molar-refractivity contribution in [3.05, 3.63) is 412 Å². The normalized spacial score (nSPS) is 10.2. The first kappa shape index (κ1) is 155. The number of allylic oxidation sites excluding steroid dienone is 1. The number of carbonyl (C=O) groups is 9. The van der Waals surface area contributed by atoms with Gasteiger partial charge in [-0.25, -0.2) is 4.98 Å². The Morgan fingerprint density at radius 3 is 1.17 bits per heavy atom. The number of carboxylic acids is 9. The fourth-order valence-corrected chi connectivity index (χ4v) is 16.6. The van der Waals surface area contributed by atoms with Gasteiger partial charge in [0, 0.05) is 88.2 Å². The molecule has 9 aromatic carbocycles. The predicted molar refractivity (Wildman–Crippen MR) is 492 cm³/mol. The molecule has 0 bridgehead atoms. The van der Waals surface area contributed by atoms with Crippen LogP contribution in [0, 0.1) is 129 Å². The quantitative estimate of drug-likeness (QED) is 0.0827. The number of aromatic carboxylic acids is 9. The van der Waals surface area contributed by atoms with Crippen LogP contribution in [0.3, 0.4) is 0 Å². The molecule has 2 aliphatic carbocycles. The number of hydrogen-bond donors (Lipinski definition) is 1. The van der Waals surface area contributed by atoms with Crippen LogP contribution in [-0.2, 0) is 15.0 Å². The van der Waals surface area contributed by atoms with Gasteiger partial charge >= 0.3 is 695 Å². The van der Waals surface area contributed by atoms with Crippen molar-refractivity contribution in [1.82, 2.24) is 15.0 Å². The molecular formula is C108H93Cs10N3O21S2. The summed E-state index contributed by atoms with van der Waals surface area (Å²) < 4.78 is 4.95. The van der Waals surface area contributed by atoms with Crippen molar-refractivity contribution in [3.63, 3.8) is 0 Å². The van der Waals surface area contributed by atoms with E-state index in [1.807, 2.05) is 76.2 Å². The SMILES string of the molecule is CC#Cc1ccc(C)cc1C(=O)[O-].CC=Cc1ccc(C)cc1C(=O)[O-].Cc1cc(C(=O)[O-])c(C)[nH]1.Cc1cc(C(=O)[O-])c(C)o1.Cc1cc(C(=O)[O-])c(C)s1.Cc1ccc2c(c1)C(c1cc[c-]cc1)(c1ccc(C(=O)[O-])cc1)c1cc(C)ccc1-2.Cc1ccc2c(c1)C(c1ccc(C(=O)[O-])cc1)c1cc(C)ccc1-2.Cc1cnc(C)c(C(=O)[O-])c1.Cc1nc(C(=O)[O-])c(C)s1.O=C=O.[Cs+].[Cs+].[Cs+].[Cs+].[Cs+].[Cs+].[Cs+].[Cs+].[Cs+].[Cs+]. The molecule has 24 nitrogen and oxygen atoms in total. The van der Waals surface area contributed by atoms with Crippen LogP contribution < -0.4 is 735 Å². The van der Waals surface area contributed by atoms with Gasteiger partial charge in [0.25, 0.3) is 0 Å². The van der Waals surface area contributed by atoms with E-state index < -0.39 is 59.1 Å². The van der Waals surface area contributed by atoms with Crippen molar-refractivity contribution < 1.29 is 792 Å². The summed E-state index contributed by atoms with van der Waals surface area (Å²) in [6, 6.07) is 68.3. The minimum atomic E-state index is -1.19. The molecule has 16 rings (SSSR count). The molecular weight excluding hydrogens is 3070 g/mol. The molecule has 5 heterocycles. The van der Waals surface area contributed by atoms with Crippen LogP contribution in [0.15, 0.2) is 223 Å². The Labute approximate surface area is 1440 Å². The van der Waals surface area contributed by atoms with Crippen molar-refractivity contribution in [2.45, 2.75) is 136 Å². The molecule has 0 atom stereocenters. The number of aryl methyl sites for hydroxylation is 16. The number of nitrogens with zero attached hydrogens (tertiary/aromatic N) is 2. The fourth-order valence-electron chi connectivity index (χ4n) is 14.9. The first-order valence-electron chi connectivity index (χ1n) is 41.3. The molecule has 36 heteroatoms. The number of H-pyrrole nitrogens is 1. The van der Waals surface area contributed by atoms with E-state index >= 15 is 0 Å². The maximum Gasteiger partial charge on any atom is 1.00 e. The van der Waals surface area contributed by atoms with Crippen molar-refractivity contribution in [3.8, 4) is 34.1 Å². The third kappa shape index (κ3) is 46.7. The second-order valence-electron chi connectivity index (χ2n) is 31.1. The van der Waals surface area contributed by atoms with Crippen molar-refractivity contribution in [2.24, 2.45) is 0 Å². The molecule has 144 heavy (non-hydrogen) atoms. The van der Waals surface area contributed by atoms with E-state index in [4.69, 9.17) is 14.0 Å². The number of thiazole rings is 1. The number of pyridine rings is 1. The van der Waals surface area contributed by atoms with Gasteiger partial charge in [0.2, 0.25) is 0 Å². The van der Waals surface area contributed by atoms with E-state index in [1.165, 1.54) is 95.5 Å². The minimum Gasteiger partial charge on any atom is -0.545 e. The topological polar surface area (TPSA) is 450 Å². The van der Waals surface area contributed by atoms with E-state index in [2.05, 4.69) is 145 Å².